The average molecular weight is 530 g/mol. The maximum absolute atomic E-state index is 13.1. The minimum absolute atomic E-state index is 0.122. The number of rotatable bonds is 5. The van der Waals surface area contributed by atoms with Crippen molar-refractivity contribution in [3.63, 3.8) is 0 Å². The molecule has 186 valence electrons. The molecule has 1 heterocycles. The number of nitrogens with zero attached hydrogens (tertiary/aromatic N) is 1. The van der Waals surface area contributed by atoms with Gasteiger partial charge in [-0.1, -0.05) is 18.2 Å². The smallest absolute Gasteiger partial charge is 0.338 e. The van der Waals surface area contributed by atoms with Crippen LogP contribution in [0.2, 0.25) is 0 Å². The van der Waals surface area contributed by atoms with Crippen LogP contribution in [-0.2, 0) is 19.1 Å². The minimum Gasteiger partial charge on any atom is -0.452 e. The number of imide groups is 1. The first-order valence-electron chi connectivity index (χ1n) is 11.4. The van der Waals surface area contributed by atoms with E-state index in [0.29, 0.717) is 17.7 Å². The number of ether oxygens (including phenoxy) is 1. The number of hydrogen-bond donors (Lipinski definition) is 2. The van der Waals surface area contributed by atoms with Crippen molar-refractivity contribution in [1.82, 2.24) is 10.9 Å². The molecule has 0 aromatic heterocycles. The lowest BCUT2D eigenvalue weighted by atomic mass is 9.80. The molecule has 2 bridgehead atoms. The molecule has 1 saturated heterocycles. The van der Waals surface area contributed by atoms with Gasteiger partial charge in [0.1, 0.15) is 0 Å². The quantitative estimate of drug-likeness (QED) is 0.265. The summed E-state index contributed by atoms with van der Waals surface area (Å²) >= 11 is 12.8. The standard InChI is InChI=1S/C25H21Cl2N3O6/c26-20-15-10-16(21(20)27)19-18(15)23(33)30(24(19)34)14-8-6-13(7-9-14)25(35)36-11-17(31)28-29-22(32)12-4-2-1-3-5-12/h1-9,15-16,18-21H,10-11H2,(H,28,31)(H,29,32)/t15-,16-,18-,19-,20+,21+/m1/s1. The Kier molecular flexibility index (Phi) is 6.44. The third-order valence-electron chi connectivity index (χ3n) is 7.03. The van der Waals surface area contributed by atoms with Gasteiger partial charge in [0.25, 0.3) is 11.8 Å². The van der Waals surface area contributed by atoms with E-state index in [1.54, 1.807) is 30.3 Å². The fourth-order valence-corrected chi connectivity index (χ4v) is 6.28. The summed E-state index contributed by atoms with van der Waals surface area (Å²) in [6, 6.07) is 14.0. The third-order valence-corrected chi connectivity index (χ3v) is 8.35. The van der Waals surface area contributed by atoms with E-state index in [-0.39, 0.29) is 40.0 Å². The Morgan fingerprint density at radius 2 is 1.42 bits per heavy atom. The Bertz CT molecular complexity index is 1210. The highest BCUT2D eigenvalue weighted by Crippen LogP contribution is 2.59. The second-order valence-corrected chi connectivity index (χ2v) is 10.0. The van der Waals surface area contributed by atoms with Gasteiger partial charge >= 0.3 is 5.97 Å². The molecule has 9 nitrogen and oxygen atoms in total. The summed E-state index contributed by atoms with van der Waals surface area (Å²) in [5.74, 6) is -3.79. The molecule has 2 aromatic rings. The molecular weight excluding hydrogens is 509 g/mol. The predicted octanol–water partition coefficient (Wildman–Crippen LogP) is 2.27. The Morgan fingerprint density at radius 1 is 0.833 bits per heavy atom. The molecule has 5 rings (SSSR count). The van der Waals surface area contributed by atoms with Crippen molar-refractivity contribution in [1.29, 1.82) is 0 Å². The fourth-order valence-electron chi connectivity index (χ4n) is 5.39. The Morgan fingerprint density at radius 3 is 2.00 bits per heavy atom. The monoisotopic (exact) mass is 529 g/mol. The topological polar surface area (TPSA) is 122 Å². The molecule has 0 radical (unpaired) electrons. The van der Waals surface area contributed by atoms with Gasteiger partial charge in [0.2, 0.25) is 11.8 Å². The van der Waals surface area contributed by atoms with Crippen LogP contribution in [0.15, 0.2) is 54.6 Å². The van der Waals surface area contributed by atoms with Gasteiger partial charge in [-0.2, -0.15) is 0 Å². The van der Waals surface area contributed by atoms with Gasteiger partial charge in [-0.15, -0.1) is 23.2 Å². The maximum atomic E-state index is 13.1. The number of alkyl halides is 2. The number of hydrazine groups is 1. The summed E-state index contributed by atoms with van der Waals surface area (Å²) in [6.07, 6.45) is 0.678. The normalized spacial score (nSPS) is 28.1. The number of benzene rings is 2. The van der Waals surface area contributed by atoms with Crippen LogP contribution in [0.25, 0.3) is 0 Å². The van der Waals surface area contributed by atoms with Crippen LogP contribution in [-0.4, -0.2) is 47.0 Å². The van der Waals surface area contributed by atoms with Crippen LogP contribution < -0.4 is 15.8 Å². The molecule has 11 heteroatoms. The van der Waals surface area contributed by atoms with E-state index < -0.39 is 36.2 Å². The molecule has 36 heavy (non-hydrogen) atoms. The van der Waals surface area contributed by atoms with Crippen molar-refractivity contribution < 1.29 is 28.7 Å². The van der Waals surface area contributed by atoms with Crippen LogP contribution in [0.5, 0.6) is 0 Å². The molecule has 2 saturated carbocycles. The summed E-state index contributed by atoms with van der Waals surface area (Å²) in [7, 11) is 0. The van der Waals surface area contributed by atoms with Crippen molar-refractivity contribution in [2.75, 3.05) is 11.5 Å². The molecule has 2 N–H and O–H groups in total. The van der Waals surface area contributed by atoms with Crippen LogP contribution in [0.3, 0.4) is 0 Å². The molecule has 3 aliphatic rings. The van der Waals surface area contributed by atoms with Crippen molar-refractivity contribution >= 4 is 58.5 Å². The van der Waals surface area contributed by atoms with E-state index in [1.165, 1.54) is 24.3 Å². The Hall–Kier alpha value is -3.43. The van der Waals surface area contributed by atoms with E-state index in [2.05, 4.69) is 10.9 Å². The van der Waals surface area contributed by atoms with Crippen LogP contribution in [0.1, 0.15) is 27.1 Å². The van der Waals surface area contributed by atoms with Crippen molar-refractivity contribution in [2.24, 2.45) is 23.7 Å². The molecule has 2 aliphatic carbocycles. The highest BCUT2D eigenvalue weighted by Gasteiger charge is 2.66. The number of nitrogens with one attached hydrogen (secondary N) is 2. The van der Waals surface area contributed by atoms with E-state index in [4.69, 9.17) is 27.9 Å². The van der Waals surface area contributed by atoms with Crippen molar-refractivity contribution in [2.45, 2.75) is 17.2 Å². The number of anilines is 1. The van der Waals surface area contributed by atoms with E-state index in [1.807, 2.05) is 0 Å². The first-order valence-corrected chi connectivity index (χ1v) is 12.2. The molecular formula is C25H21Cl2N3O6. The lowest BCUT2D eigenvalue weighted by molar-refractivity contribution is -0.125. The molecule has 2 aromatic carbocycles. The first kappa shape index (κ1) is 24.3. The van der Waals surface area contributed by atoms with Gasteiger partial charge in [0, 0.05) is 5.56 Å². The molecule has 4 amide bonds. The molecule has 1 aliphatic heterocycles. The molecule has 0 unspecified atom stereocenters. The minimum atomic E-state index is -0.782. The SMILES string of the molecule is O=C(COC(=O)c1ccc(N2C(=O)[C@@H]3[C@H]4C[C@@H]([C@H](Cl)[C@H]4Cl)[C@H]3C2=O)cc1)NNC(=O)c1ccccc1. The van der Waals surface area contributed by atoms with Gasteiger partial charge < -0.3 is 4.74 Å². The summed E-state index contributed by atoms with van der Waals surface area (Å²) in [5, 5.41) is -0.675. The summed E-state index contributed by atoms with van der Waals surface area (Å²) in [4.78, 5) is 63.5. The Balaban J connectivity index is 1.16. The highest BCUT2D eigenvalue weighted by atomic mass is 35.5. The number of fused-ring (bicyclic) bond motifs is 5. The second kappa shape index (κ2) is 9.55. The molecule has 0 spiro atoms. The van der Waals surface area contributed by atoms with Gasteiger partial charge in [-0.25, -0.2) is 4.79 Å². The number of carbonyl (C=O) groups excluding carboxylic acids is 5. The van der Waals surface area contributed by atoms with Crippen LogP contribution in [0.4, 0.5) is 5.69 Å². The number of amides is 4. The van der Waals surface area contributed by atoms with Crippen LogP contribution in [0, 0.1) is 23.7 Å². The predicted molar refractivity (Wildman–Crippen MR) is 129 cm³/mol. The number of esters is 1. The third kappa shape index (κ3) is 4.12. The zero-order valence-electron chi connectivity index (χ0n) is 18.7. The molecule has 3 fully saturated rings. The number of hydrogen-bond acceptors (Lipinski definition) is 6. The van der Waals surface area contributed by atoms with Gasteiger partial charge in [0.15, 0.2) is 6.61 Å². The lowest BCUT2D eigenvalue weighted by Gasteiger charge is -2.28. The lowest BCUT2D eigenvalue weighted by Crippen LogP contribution is -2.43. The molecule has 6 atom stereocenters. The number of halogens is 2. The van der Waals surface area contributed by atoms with Gasteiger partial charge in [-0.3, -0.25) is 34.9 Å². The Labute approximate surface area is 216 Å². The summed E-state index contributed by atoms with van der Waals surface area (Å²) < 4.78 is 4.98. The largest absolute Gasteiger partial charge is 0.452 e. The summed E-state index contributed by atoms with van der Waals surface area (Å²) in [5.41, 5.74) is 5.21. The zero-order chi connectivity index (χ0) is 25.6. The highest BCUT2D eigenvalue weighted by molar-refractivity contribution is 6.32. The van der Waals surface area contributed by atoms with Gasteiger partial charge in [0.05, 0.1) is 33.8 Å². The van der Waals surface area contributed by atoms with Crippen LogP contribution >= 0.6 is 23.2 Å². The van der Waals surface area contributed by atoms with Crippen molar-refractivity contribution in [3.05, 3.63) is 65.7 Å². The average Bonchev–Trinajstić information content (AvgIpc) is 3.51. The summed E-state index contributed by atoms with van der Waals surface area (Å²) in [6.45, 7) is -0.621. The number of carbonyl (C=O) groups is 5. The zero-order valence-corrected chi connectivity index (χ0v) is 20.2. The van der Waals surface area contributed by atoms with Gasteiger partial charge in [-0.05, 0) is 54.7 Å². The maximum Gasteiger partial charge on any atom is 0.338 e. The second-order valence-electron chi connectivity index (χ2n) is 9.01. The van der Waals surface area contributed by atoms with E-state index in [9.17, 15) is 24.0 Å². The fraction of sp³-hybridized carbons (Fsp3) is 0.320. The first-order chi connectivity index (χ1) is 17.3. The van der Waals surface area contributed by atoms with E-state index in [0.717, 1.165) is 4.90 Å². The van der Waals surface area contributed by atoms with E-state index >= 15 is 0 Å². The van der Waals surface area contributed by atoms with Crippen molar-refractivity contribution in [3.8, 4) is 0 Å².